The van der Waals surface area contributed by atoms with Gasteiger partial charge in [0.05, 0.1) is 23.3 Å². The van der Waals surface area contributed by atoms with Crippen molar-refractivity contribution in [1.29, 1.82) is 0 Å². The molecule has 1 N–H and O–H groups in total. The third-order valence-corrected chi connectivity index (χ3v) is 5.67. The van der Waals surface area contributed by atoms with E-state index in [0.29, 0.717) is 0 Å². The Bertz CT molecular complexity index is 496. The molecule has 1 aromatic rings. The second kappa shape index (κ2) is 5.86. The van der Waals surface area contributed by atoms with Crippen molar-refractivity contribution >= 4 is 16.5 Å². The molecule has 0 aromatic carbocycles. The Morgan fingerprint density at radius 3 is 2.90 bits per heavy atom. The summed E-state index contributed by atoms with van der Waals surface area (Å²) in [5.74, 6) is 0.819. The van der Waals surface area contributed by atoms with Crippen LogP contribution in [0.25, 0.3) is 0 Å². The van der Waals surface area contributed by atoms with Crippen molar-refractivity contribution in [3.8, 4) is 0 Å². The van der Waals surface area contributed by atoms with Crippen LogP contribution in [0.3, 0.4) is 0 Å². The van der Waals surface area contributed by atoms with Gasteiger partial charge in [0.1, 0.15) is 0 Å². The van der Waals surface area contributed by atoms with Gasteiger partial charge in [0.15, 0.2) is 5.13 Å². The van der Waals surface area contributed by atoms with Crippen LogP contribution in [0.1, 0.15) is 49.8 Å². The first kappa shape index (κ1) is 15.3. The van der Waals surface area contributed by atoms with Gasteiger partial charge in [-0.15, -0.1) is 0 Å². The first-order valence-electron chi connectivity index (χ1n) is 7.91. The normalized spacial score (nSPS) is 23.9. The molecule has 21 heavy (non-hydrogen) atoms. The van der Waals surface area contributed by atoms with Crippen LogP contribution in [0.15, 0.2) is 0 Å². The zero-order valence-corrected chi connectivity index (χ0v) is 14.1. The third-order valence-electron chi connectivity index (χ3n) is 4.36. The molecule has 0 bridgehead atoms. The van der Waals surface area contributed by atoms with Crippen molar-refractivity contribution in [2.45, 2.75) is 45.6 Å². The number of hydrogen-bond donors (Lipinski definition) is 1. The molecule has 2 aliphatic carbocycles. The summed E-state index contributed by atoms with van der Waals surface area (Å²) in [7, 11) is 2.06. The van der Waals surface area contributed by atoms with Gasteiger partial charge in [0.2, 0.25) is 0 Å². The summed E-state index contributed by atoms with van der Waals surface area (Å²) in [6.45, 7) is 6.93. The molecular weight excluding hydrogens is 284 g/mol. The second-order valence-corrected chi connectivity index (χ2v) is 8.32. The number of fused-ring (bicyclic) bond motifs is 1. The van der Waals surface area contributed by atoms with E-state index >= 15 is 0 Å². The van der Waals surface area contributed by atoms with E-state index in [1.54, 1.807) is 11.3 Å². The fourth-order valence-corrected chi connectivity index (χ4v) is 3.93. The third kappa shape index (κ3) is 3.76. The van der Waals surface area contributed by atoms with E-state index in [1.807, 2.05) is 0 Å². The molecule has 2 aliphatic rings. The van der Waals surface area contributed by atoms with Crippen LogP contribution in [0.4, 0.5) is 5.13 Å². The van der Waals surface area contributed by atoms with Gasteiger partial charge in [-0.3, -0.25) is 0 Å². The number of aliphatic hydroxyl groups is 1. The molecule has 118 valence electrons. The smallest absolute Gasteiger partial charge is 0.185 e. The molecule has 0 saturated heterocycles. The van der Waals surface area contributed by atoms with Gasteiger partial charge in [-0.1, -0.05) is 25.2 Å². The Morgan fingerprint density at radius 2 is 2.19 bits per heavy atom. The summed E-state index contributed by atoms with van der Waals surface area (Å²) in [6, 6.07) is 0. The number of nitrogens with zero attached hydrogens (tertiary/aromatic N) is 2. The monoisotopic (exact) mass is 310 g/mol. The first-order valence-corrected chi connectivity index (χ1v) is 8.73. The average Bonchev–Trinajstić information content (AvgIpc) is 3.11. The molecular formula is C16H26N2O2S. The summed E-state index contributed by atoms with van der Waals surface area (Å²) in [6.07, 6.45) is 4.11. The highest BCUT2D eigenvalue weighted by Crippen LogP contribution is 2.44. The topological polar surface area (TPSA) is 45.6 Å². The van der Waals surface area contributed by atoms with Crippen molar-refractivity contribution < 1.29 is 9.84 Å². The van der Waals surface area contributed by atoms with Gasteiger partial charge in [-0.05, 0) is 37.0 Å². The molecule has 4 nitrogen and oxygen atoms in total. The molecule has 0 aliphatic heterocycles. The van der Waals surface area contributed by atoms with Crippen LogP contribution >= 0.6 is 11.3 Å². The van der Waals surface area contributed by atoms with E-state index in [1.165, 1.54) is 12.8 Å². The Hall–Kier alpha value is -0.650. The van der Waals surface area contributed by atoms with Gasteiger partial charge < -0.3 is 14.7 Å². The summed E-state index contributed by atoms with van der Waals surface area (Å²) >= 11 is 1.64. The van der Waals surface area contributed by atoms with Crippen molar-refractivity contribution in [1.82, 2.24) is 4.98 Å². The van der Waals surface area contributed by atoms with Gasteiger partial charge >= 0.3 is 0 Å². The van der Waals surface area contributed by atoms with Crippen molar-refractivity contribution in [2.75, 3.05) is 31.7 Å². The van der Waals surface area contributed by atoms with Crippen LogP contribution in [0.2, 0.25) is 0 Å². The Morgan fingerprint density at radius 1 is 1.43 bits per heavy atom. The van der Waals surface area contributed by atoms with Crippen molar-refractivity contribution in [3.05, 3.63) is 10.6 Å². The highest BCUT2D eigenvalue weighted by atomic mass is 32.1. The zero-order chi connectivity index (χ0) is 15.0. The lowest BCUT2D eigenvalue weighted by Crippen LogP contribution is -2.25. The maximum Gasteiger partial charge on any atom is 0.185 e. The fourth-order valence-electron chi connectivity index (χ4n) is 2.87. The molecule has 1 heterocycles. The molecule has 1 aromatic heterocycles. The van der Waals surface area contributed by atoms with Crippen LogP contribution in [0.5, 0.6) is 0 Å². The lowest BCUT2D eigenvalue weighted by molar-refractivity contribution is 0.102. The minimum absolute atomic E-state index is 0.143. The molecule has 1 fully saturated rings. The number of likely N-dealkylation sites (N-methyl/N-ethyl adjacent to an activating group) is 1. The van der Waals surface area contributed by atoms with E-state index in [2.05, 4.69) is 25.8 Å². The lowest BCUT2D eigenvalue weighted by Gasteiger charge is -2.31. The molecule has 5 heteroatoms. The number of thiazole rings is 1. The first-order chi connectivity index (χ1) is 9.94. The number of aliphatic hydroxyl groups excluding tert-OH is 1. The van der Waals surface area contributed by atoms with E-state index in [4.69, 9.17) is 9.72 Å². The maximum absolute atomic E-state index is 10.3. The van der Waals surface area contributed by atoms with Crippen LogP contribution in [-0.4, -0.2) is 36.9 Å². The van der Waals surface area contributed by atoms with Crippen molar-refractivity contribution in [2.24, 2.45) is 11.3 Å². The Kier molecular flexibility index (Phi) is 4.26. The predicted octanol–water partition coefficient (Wildman–Crippen LogP) is 3.01. The molecule has 3 rings (SSSR count). The summed E-state index contributed by atoms with van der Waals surface area (Å²) < 4.78 is 5.69. The van der Waals surface area contributed by atoms with Gasteiger partial charge in [-0.2, -0.15) is 0 Å². The minimum atomic E-state index is -0.352. The van der Waals surface area contributed by atoms with Gasteiger partial charge in [-0.25, -0.2) is 4.98 Å². The standard InChI is InChI=1S/C16H26N2O2S/c1-16(2)8-12-14(13(19)9-16)21-15(17-12)18(3)6-7-20-10-11-4-5-11/h11,13,19H,4-10H2,1-3H3. The maximum atomic E-state index is 10.3. The van der Waals surface area contributed by atoms with Gasteiger partial charge in [0, 0.05) is 20.2 Å². The van der Waals surface area contributed by atoms with E-state index in [0.717, 1.165) is 54.2 Å². The fraction of sp³-hybridized carbons (Fsp3) is 0.812. The second-order valence-electron chi connectivity index (χ2n) is 7.31. The van der Waals surface area contributed by atoms with Gasteiger partial charge in [0.25, 0.3) is 0 Å². The summed E-state index contributed by atoms with van der Waals surface area (Å²) in [4.78, 5) is 7.97. The number of ether oxygens (including phenoxy) is 1. The number of aromatic nitrogens is 1. The Labute approximate surface area is 131 Å². The molecule has 0 amide bonds. The summed E-state index contributed by atoms with van der Waals surface area (Å²) in [5.41, 5.74) is 1.23. The minimum Gasteiger partial charge on any atom is -0.387 e. The SMILES string of the molecule is CN(CCOCC1CC1)c1nc2c(s1)C(O)CC(C)(C)C2. The largest absolute Gasteiger partial charge is 0.387 e. The van der Waals surface area contributed by atoms with Crippen LogP contribution in [0, 0.1) is 11.3 Å². The molecule has 0 radical (unpaired) electrons. The molecule has 1 unspecified atom stereocenters. The molecule has 0 spiro atoms. The highest BCUT2D eigenvalue weighted by Gasteiger charge is 2.34. The number of anilines is 1. The average molecular weight is 310 g/mol. The van der Waals surface area contributed by atoms with Crippen molar-refractivity contribution in [3.63, 3.8) is 0 Å². The molecule has 1 atom stereocenters. The van der Waals surface area contributed by atoms with Crippen LogP contribution in [-0.2, 0) is 11.2 Å². The highest BCUT2D eigenvalue weighted by molar-refractivity contribution is 7.15. The predicted molar refractivity (Wildman–Crippen MR) is 86.0 cm³/mol. The quantitative estimate of drug-likeness (QED) is 0.821. The zero-order valence-electron chi connectivity index (χ0n) is 13.3. The lowest BCUT2D eigenvalue weighted by atomic mass is 9.77. The molecule has 1 saturated carbocycles. The summed E-state index contributed by atoms with van der Waals surface area (Å²) in [5, 5.41) is 11.3. The number of rotatable bonds is 6. The van der Waals surface area contributed by atoms with E-state index in [-0.39, 0.29) is 11.5 Å². The number of hydrogen-bond acceptors (Lipinski definition) is 5. The van der Waals surface area contributed by atoms with Crippen LogP contribution < -0.4 is 4.90 Å². The van der Waals surface area contributed by atoms with E-state index in [9.17, 15) is 5.11 Å². The van der Waals surface area contributed by atoms with E-state index < -0.39 is 0 Å². The Balaban J connectivity index is 1.58.